The third-order valence-electron chi connectivity index (χ3n) is 4.28. The van der Waals surface area contributed by atoms with Crippen LogP contribution in [-0.2, 0) is 0 Å². The normalized spacial score (nSPS) is 26.3. The Labute approximate surface area is 141 Å². The quantitative estimate of drug-likeness (QED) is 0.527. The summed E-state index contributed by atoms with van der Waals surface area (Å²) in [7, 11) is 0. The van der Waals surface area contributed by atoms with Crippen LogP contribution in [0.5, 0.6) is 0 Å². The Balaban J connectivity index is 0.000000924. The van der Waals surface area contributed by atoms with E-state index in [1.54, 1.807) is 0 Å². The van der Waals surface area contributed by atoms with Crippen molar-refractivity contribution in [3.63, 3.8) is 0 Å². The van der Waals surface area contributed by atoms with Crippen molar-refractivity contribution in [1.82, 2.24) is 0 Å². The van der Waals surface area contributed by atoms with Gasteiger partial charge in [0.15, 0.2) is 0 Å². The predicted molar refractivity (Wildman–Crippen MR) is 103 cm³/mol. The van der Waals surface area contributed by atoms with E-state index in [2.05, 4.69) is 69.0 Å². The predicted octanol–water partition coefficient (Wildman–Crippen LogP) is 6.79. The Kier molecular flexibility index (Phi) is 5.98. The zero-order chi connectivity index (χ0) is 16.8. The summed E-state index contributed by atoms with van der Waals surface area (Å²) in [6, 6.07) is 0. The minimum absolute atomic E-state index is 0.495. The highest BCUT2D eigenvalue weighted by atomic mass is 14.3. The molecule has 23 heavy (non-hydrogen) atoms. The number of allylic oxidation sites excluding steroid dienone is 15. The fraction of sp³-hybridized carbons (Fsp3) is 0.304. The lowest BCUT2D eigenvalue weighted by Crippen LogP contribution is -1.97. The fourth-order valence-electron chi connectivity index (χ4n) is 3.37. The van der Waals surface area contributed by atoms with Gasteiger partial charge in [0.2, 0.25) is 0 Å². The standard InChI is InChI=1S/C21H22.C2H6/c1-4-9-18-17(5-2)19-11-8-6-7-10-16-14-15(3)12-13-20(18)21(16)19;1-2/h4-6,8-9,11-15H,2,7,10H2,1,3H3;1-2H3/b8-6-,9-4-,19-11-;. The number of hydrogen-bond acceptors (Lipinski definition) is 0. The van der Waals surface area contributed by atoms with Gasteiger partial charge >= 0.3 is 0 Å². The molecule has 0 nitrogen and oxygen atoms in total. The van der Waals surface area contributed by atoms with E-state index in [4.69, 9.17) is 0 Å². The van der Waals surface area contributed by atoms with Crippen LogP contribution in [0.1, 0.15) is 40.5 Å². The van der Waals surface area contributed by atoms with Crippen molar-refractivity contribution in [2.24, 2.45) is 5.92 Å². The third kappa shape index (κ3) is 3.32. The minimum Gasteiger partial charge on any atom is -0.0984 e. The second kappa shape index (κ2) is 7.97. The van der Waals surface area contributed by atoms with Crippen LogP contribution in [0, 0.1) is 5.92 Å². The van der Waals surface area contributed by atoms with Gasteiger partial charge in [-0.3, -0.25) is 0 Å². The molecule has 0 aromatic carbocycles. The van der Waals surface area contributed by atoms with Crippen LogP contribution in [-0.4, -0.2) is 0 Å². The SMILES string of the molecule is C=C/C1=C(/C=C\C)C2=C3C(=CC(C)C=C2)CC/C=C\C=C/31.CC. The van der Waals surface area contributed by atoms with Crippen LogP contribution in [0.2, 0.25) is 0 Å². The van der Waals surface area contributed by atoms with Crippen molar-refractivity contribution in [3.05, 3.63) is 94.7 Å². The molecule has 120 valence electrons. The average molecular weight is 304 g/mol. The first-order valence-corrected chi connectivity index (χ1v) is 8.77. The maximum atomic E-state index is 4.05. The van der Waals surface area contributed by atoms with Crippen molar-refractivity contribution >= 4 is 0 Å². The molecule has 0 saturated heterocycles. The summed E-state index contributed by atoms with van der Waals surface area (Å²) in [5, 5.41) is 0. The first kappa shape index (κ1) is 17.3. The third-order valence-corrected chi connectivity index (χ3v) is 4.28. The first-order chi connectivity index (χ1) is 11.3. The molecule has 0 fully saturated rings. The van der Waals surface area contributed by atoms with Gasteiger partial charge in [-0.05, 0) is 59.1 Å². The van der Waals surface area contributed by atoms with Gasteiger partial charge in [0.1, 0.15) is 0 Å². The molecule has 3 rings (SSSR count). The lowest BCUT2D eigenvalue weighted by atomic mass is 9.89. The van der Waals surface area contributed by atoms with Gasteiger partial charge in [-0.25, -0.2) is 0 Å². The Morgan fingerprint density at radius 1 is 1.22 bits per heavy atom. The van der Waals surface area contributed by atoms with E-state index in [0.717, 1.165) is 12.8 Å². The molecular formula is C23H28. The smallest absolute Gasteiger partial charge is 0.00698 e. The summed E-state index contributed by atoms with van der Waals surface area (Å²) in [4.78, 5) is 0. The molecule has 0 saturated carbocycles. The summed E-state index contributed by atoms with van der Waals surface area (Å²) >= 11 is 0. The molecular weight excluding hydrogens is 276 g/mol. The zero-order valence-electron chi connectivity index (χ0n) is 14.9. The van der Waals surface area contributed by atoms with Gasteiger partial charge in [-0.1, -0.05) is 82.0 Å². The monoisotopic (exact) mass is 304 g/mol. The van der Waals surface area contributed by atoms with Crippen LogP contribution in [0.3, 0.4) is 0 Å². The summed E-state index contributed by atoms with van der Waals surface area (Å²) in [6.45, 7) is 12.4. The summed E-state index contributed by atoms with van der Waals surface area (Å²) in [6.07, 6.45) is 22.3. The van der Waals surface area contributed by atoms with Crippen LogP contribution in [0.25, 0.3) is 0 Å². The average Bonchev–Trinajstić information content (AvgIpc) is 2.73. The van der Waals surface area contributed by atoms with E-state index < -0.39 is 0 Å². The molecule has 0 aromatic rings. The Morgan fingerprint density at radius 2 is 2.00 bits per heavy atom. The van der Waals surface area contributed by atoms with Gasteiger partial charge in [-0.15, -0.1) is 0 Å². The van der Waals surface area contributed by atoms with E-state index >= 15 is 0 Å². The Bertz CT molecular complexity index is 682. The molecule has 0 heterocycles. The van der Waals surface area contributed by atoms with Crippen LogP contribution in [0.15, 0.2) is 94.7 Å². The van der Waals surface area contributed by atoms with Gasteiger partial charge in [0.05, 0.1) is 0 Å². The molecule has 0 amide bonds. The van der Waals surface area contributed by atoms with Crippen LogP contribution >= 0.6 is 0 Å². The van der Waals surface area contributed by atoms with Crippen molar-refractivity contribution in [3.8, 4) is 0 Å². The molecule has 3 aliphatic carbocycles. The summed E-state index contributed by atoms with van der Waals surface area (Å²) in [5.74, 6) is 0.495. The van der Waals surface area contributed by atoms with Crippen LogP contribution < -0.4 is 0 Å². The van der Waals surface area contributed by atoms with E-state index in [0.29, 0.717) is 5.92 Å². The fourth-order valence-corrected chi connectivity index (χ4v) is 3.37. The molecule has 3 aliphatic rings. The zero-order valence-corrected chi connectivity index (χ0v) is 14.9. The first-order valence-electron chi connectivity index (χ1n) is 8.77. The van der Waals surface area contributed by atoms with Crippen LogP contribution in [0.4, 0.5) is 0 Å². The van der Waals surface area contributed by atoms with Crippen molar-refractivity contribution in [1.29, 1.82) is 0 Å². The van der Waals surface area contributed by atoms with Gasteiger partial charge in [0.25, 0.3) is 0 Å². The molecule has 0 radical (unpaired) electrons. The second-order valence-electron chi connectivity index (χ2n) is 5.78. The molecule has 1 atom stereocenters. The number of rotatable bonds is 2. The van der Waals surface area contributed by atoms with Crippen molar-refractivity contribution in [2.45, 2.75) is 40.5 Å². The Morgan fingerprint density at radius 3 is 2.70 bits per heavy atom. The molecule has 0 aliphatic heterocycles. The maximum absolute atomic E-state index is 4.05. The van der Waals surface area contributed by atoms with Crippen molar-refractivity contribution in [2.75, 3.05) is 0 Å². The molecule has 0 bridgehead atoms. The molecule has 0 heteroatoms. The maximum Gasteiger partial charge on any atom is -0.00698 e. The summed E-state index contributed by atoms with van der Waals surface area (Å²) < 4.78 is 0. The lowest BCUT2D eigenvalue weighted by molar-refractivity contribution is 0.898. The van der Waals surface area contributed by atoms with Gasteiger partial charge in [0, 0.05) is 0 Å². The van der Waals surface area contributed by atoms with E-state index in [-0.39, 0.29) is 0 Å². The van der Waals surface area contributed by atoms with Gasteiger partial charge in [-0.2, -0.15) is 0 Å². The highest BCUT2D eigenvalue weighted by Gasteiger charge is 2.28. The lowest BCUT2D eigenvalue weighted by Gasteiger charge is -2.15. The highest BCUT2D eigenvalue weighted by molar-refractivity contribution is 5.78. The topological polar surface area (TPSA) is 0 Å². The van der Waals surface area contributed by atoms with E-state index in [1.807, 2.05) is 19.9 Å². The molecule has 1 unspecified atom stereocenters. The number of hydrogen-bond donors (Lipinski definition) is 0. The summed E-state index contributed by atoms with van der Waals surface area (Å²) in [5.41, 5.74) is 8.16. The second-order valence-corrected chi connectivity index (χ2v) is 5.78. The Hall–Kier alpha value is -2.08. The molecule has 0 N–H and O–H groups in total. The van der Waals surface area contributed by atoms with E-state index in [1.165, 1.54) is 33.4 Å². The largest absolute Gasteiger partial charge is 0.0984 e. The minimum atomic E-state index is 0.495. The van der Waals surface area contributed by atoms with Crippen molar-refractivity contribution < 1.29 is 0 Å². The molecule has 0 spiro atoms. The van der Waals surface area contributed by atoms with E-state index in [9.17, 15) is 0 Å². The van der Waals surface area contributed by atoms with Gasteiger partial charge < -0.3 is 0 Å². The molecule has 0 aromatic heterocycles. The highest BCUT2D eigenvalue weighted by Crippen LogP contribution is 2.45.